The van der Waals surface area contributed by atoms with E-state index in [1.807, 2.05) is 7.05 Å². The maximum atomic E-state index is 4.76. The van der Waals surface area contributed by atoms with Gasteiger partial charge < -0.3 is 10.6 Å². The van der Waals surface area contributed by atoms with Crippen LogP contribution >= 0.6 is 0 Å². The Morgan fingerprint density at radius 1 is 1.19 bits per heavy atom. The van der Waals surface area contributed by atoms with Crippen LogP contribution in [-0.2, 0) is 0 Å². The van der Waals surface area contributed by atoms with Gasteiger partial charge in [-0.25, -0.2) is 9.97 Å². The molecule has 116 valence electrons. The molecule has 3 rings (SSSR count). The zero-order valence-corrected chi connectivity index (χ0v) is 13.4. The van der Waals surface area contributed by atoms with Crippen molar-refractivity contribution in [1.82, 2.24) is 14.9 Å². The lowest BCUT2D eigenvalue weighted by Crippen LogP contribution is -2.35. The normalized spacial score (nSPS) is 20.5. The van der Waals surface area contributed by atoms with E-state index >= 15 is 0 Å². The molecule has 1 saturated heterocycles. The van der Waals surface area contributed by atoms with Gasteiger partial charge in [-0.05, 0) is 52.6 Å². The van der Waals surface area contributed by atoms with Crippen molar-refractivity contribution in [2.45, 2.75) is 51.5 Å². The van der Waals surface area contributed by atoms with E-state index in [0.717, 1.165) is 29.6 Å². The molecule has 1 unspecified atom stereocenters. The standard InChI is InChI=1S/C16H27N5/c1-11(21-8-4-5-9-21)10-18-15-12(2)14(17-3)19-16(20-15)13-6-7-13/h11,13H,4-10H2,1-3H3,(H2,17,18,19,20). The lowest BCUT2D eigenvalue weighted by atomic mass is 10.2. The summed E-state index contributed by atoms with van der Waals surface area (Å²) in [5.41, 5.74) is 1.12. The van der Waals surface area contributed by atoms with Crippen LogP contribution in [0.25, 0.3) is 0 Å². The molecule has 1 aromatic heterocycles. The molecule has 1 saturated carbocycles. The molecule has 1 aromatic rings. The highest BCUT2D eigenvalue weighted by Gasteiger charge is 2.28. The van der Waals surface area contributed by atoms with Crippen molar-refractivity contribution < 1.29 is 0 Å². The third kappa shape index (κ3) is 3.28. The Balaban J connectivity index is 1.69. The summed E-state index contributed by atoms with van der Waals surface area (Å²) in [5, 5.41) is 6.75. The van der Waals surface area contributed by atoms with Crippen molar-refractivity contribution in [3.63, 3.8) is 0 Å². The molecular weight excluding hydrogens is 262 g/mol. The van der Waals surface area contributed by atoms with Crippen LogP contribution in [0.3, 0.4) is 0 Å². The fourth-order valence-electron chi connectivity index (χ4n) is 3.03. The van der Waals surface area contributed by atoms with Crippen LogP contribution in [0.5, 0.6) is 0 Å². The van der Waals surface area contributed by atoms with Crippen molar-refractivity contribution in [3.05, 3.63) is 11.4 Å². The number of hydrogen-bond acceptors (Lipinski definition) is 5. The quantitative estimate of drug-likeness (QED) is 0.843. The molecule has 0 spiro atoms. The van der Waals surface area contributed by atoms with Gasteiger partial charge in [0.05, 0.1) is 0 Å². The Morgan fingerprint density at radius 2 is 1.86 bits per heavy atom. The molecule has 1 aliphatic carbocycles. The van der Waals surface area contributed by atoms with Crippen molar-refractivity contribution in [2.75, 3.05) is 37.3 Å². The average Bonchev–Trinajstić information content (AvgIpc) is 3.20. The minimum absolute atomic E-state index is 0.560. The van der Waals surface area contributed by atoms with Crippen LogP contribution in [0, 0.1) is 6.92 Å². The van der Waals surface area contributed by atoms with Gasteiger partial charge in [0.25, 0.3) is 0 Å². The fourth-order valence-corrected chi connectivity index (χ4v) is 3.03. The molecule has 2 heterocycles. The second kappa shape index (κ2) is 6.18. The highest BCUT2D eigenvalue weighted by atomic mass is 15.2. The van der Waals surface area contributed by atoms with Crippen LogP contribution in [0.2, 0.25) is 0 Å². The van der Waals surface area contributed by atoms with E-state index in [2.05, 4.69) is 34.4 Å². The van der Waals surface area contributed by atoms with E-state index in [-0.39, 0.29) is 0 Å². The van der Waals surface area contributed by atoms with E-state index in [1.165, 1.54) is 38.8 Å². The third-order valence-corrected chi connectivity index (χ3v) is 4.67. The summed E-state index contributed by atoms with van der Waals surface area (Å²) in [6.07, 6.45) is 5.14. The van der Waals surface area contributed by atoms with Gasteiger partial charge in [-0.1, -0.05) is 0 Å². The van der Waals surface area contributed by atoms with E-state index in [1.54, 1.807) is 0 Å². The molecule has 0 bridgehead atoms. The van der Waals surface area contributed by atoms with Crippen LogP contribution < -0.4 is 10.6 Å². The zero-order chi connectivity index (χ0) is 14.8. The smallest absolute Gasteiger partial charge is 0.136 e. The second-order valence-electron chi connectivity index (χ2n) is 6.40. The molecular formula is C16H27N5. The van der Waals surface area contributed by atoms with Gasteiger partial charge in [-0.2, -0.15) is 0 Å². The topological polar surface area (TPSA) is 53.1 Å². The predicted octanol–water partition coefficient (Wildman–Crippen LogP) is 2.60. The first-order chi connectivity index (χ1) is 10.2. The number of hydrogen-bond donors (Lipinski definition) is 2. The Bertz CT molecular complexity index is 492. The van der Waals surface area contributed by atoms with E-state index in [9.17, 15) is 0 Å². The van der Waals surface area contributed by atoms with E-state index in [0.29, 0.717) is 12.0 Å². The van der Waals surface area contributed by atoms with Crippen LogP contribution in [-0.4, -0.2) is 47.6 Å². The summed E-state index contributed by atoms with van der Waals surface area (Å²) in [7, 11) is 1.93. The van der Waals surface area contributed by atoms with Gasteiger partial charge in [0.2, 0.25) is 0 Å². The molecule has 2 N–H and O–H groups in total. The SMILES string of the molecule is CNc1nc(C2CC2)nc(NCC(C)N2CCCC2)c1C. The molecule has 5 nitrogen and oxygen atoms in total. The number of nitrogens with one attached hydrogen (secondary N) is 2. The highest BCUT2D eigenvalue weighted by Crippen LogP contribution is 2.39. The lowest BCUT2D eigenvalue weighted by molar-refractivity contribution is 0.269. The fraction of sp³-hybridized carbons (Fsp3) is 0.750. The monoisotopic (exact) mass is 289 g/mol. The van der Waals surface area contributed by atoms with Crippen molar-refractivity contribution in [3.8, 4) is 0 Å². The Labute approximate surface area is 127 Å². The first kappa shape index (κ1) is 14.6. The van der Waals surface area contributed by atoms with E-state index in [4.69, 9.17) is 4.98 Å². The second-order valence-corrected chi connectivity index (χ2v) is 6.40. The van der Waals surface area contributed by atoms with Gasteiger partial charge in [-0.3, -0.25) is 4.90 Å². The van der Waals surface area contributed by atoms with Gasteiger partial charge in [0, 0.05) is 31.1 Å². The lowest BCUT2D eigenvalue weighted by Gasteiger charge is -2.24. The first-order valence-corrected chi connectivity index (χ1v) is 8.23. The number of rotatable bonds is 6. The Morgan fingerprint density at radius 3 is 2.48 bits per heavy atom. The zero-order valence-electron chi connectivity index (χ0n) is 13.4. The highest BCUT2D eigenvalue weighted by molar-refractivity contribution is 5.57. The number of nitrogens with zero attached hydrogens (tertiary/aromatic N) is 3. The molecule has 2 aliphatic rings. The first-order valence-electron chi connectivity index (χ1n) is 8.23. The molecule has 1 aliphatic heterocycles. The van der Waals surface area contributed by atoms with Gasteiger partial charge in [-0.15, -0.1) is 0 Å². The van der Waals surface area contributed by atoms with E-state index < -0.39 is 0 Å². The summed E-state index contributed by atoms with van der Waals surface area (Å²) in [6, 6.07) is 0.560. The number of aromatic nitrogens is 2. The van der Waals surface area contributed by atoms with Crippen LogP contribution in [0.1, 0.15) is 49.9 Å². The summed E-state index contributed by atoms with van der Waals surface area (Å²) in [5.74, 6) is 3.54. The van der Waals surface area contributed by atoms with Crippen LogP contribution in [0.4, 0.5) is 11.6 Å². The molecule has 0 aromatic carbocycles. The maximum Gasteiger partial charge on any atom is 0.136 e. The maximum absolute atomic E-state index is 4.76. The van der Waals surface area contributed by atoms with Gasteiger partial charge in [0.15, 0.2) is 0 Å². The predicted molar refractivity (Wildman–Crippen MR) is 87.0 cm³/mol. The molecule has 5 heteroatoms. The van der Waals surface area contributed by atoms with Gasteiger partial charge >= 0.3 is 0 Å². The summed E-state index contributed by atoms with van der Waals surface area (Å²) in [4.78, 5) is 12.0. The Hall–Kier alpha value is -1.36. The number of likely N-dealkylation sites (tertiary alicyclic amines) is 1. The third-order valence-electron chi connectivity index (χ3n) is 4.67. The largest absolute Gasteiger partial charge is 0.373 e. The van der Waals surface area contributed by atoms with Crippen molar-refractivity contribution in [2.24, 2.45) is 0 Å². The van der Waals surface area contributed by atoms with Crippen molar-refractivity contribution >= 4 is 11.6 Å². The molecule has 0 radical (unpaired) electrons. The average molecular weight is 289 g/mol. The number of anilines is 2. The minimum atomic E-state index is 0.560. The molecule has 1 atom stereocenters. The molecule has 21 heavy (non-hydrogen) atoms. The minimum Gasteiger partial charge on any atom is -0.373 e. The molecule has 2 fully saturated rings. The van der Waals surface area contributed by atoms with Crippen molar-refractivity contribution in [1.29, 1.82) is 0 Å². The van der Waals surface area contributed by atoms with Crippen LogP contribution in [0.15, 0.2) is 0 Å². The molecule has 0 amide bonds. The summed E-state index contributed by atoms with van der Waals surface area (Å²) < 4.78 is 0. The summed E-state index contributed by atoms with van der Waals surface area (Å²) >= 11 is 0. The summed E-state index contributed by atoms with van der Waals surface area (Å²) in [6.45, 7) is 7.81. The van der Waals surface area contributed by atoms with Gasteiger partial charge in [0.1, 0.15) is 17.5 Å². The Kier molecular flexibility index (Phi) is 4.29.